The minimum absolute atomic E-state index is 0.116. The Morgan fingerprint density at radius 2 is 1.78 bits per heavy atom. The molecule has 0 spiro atoms. The van der Waals surface area contributed by atoms with E-state index in [1.54, 1.807) is 51.1 Å². The number of hydrogen-bond donors (Lipinski definition) is 0. The molecule has 23 heavy (non-hydrogen) atoms. The lowest BCUT2D eigenvalue weighted by atomic mass is 9.94. The summed E-state index contributed by atoms with van der Waals surface area (Å²) in [7, 11) is -3.68. The molecule has 0 radical (unpaired) electrons. The molecular weight excluding hydrogens is 308 g/mol. The summed E-state index contributed by atoms with van der Waals surface area (Å²) in [5.41, 5.74) is 0.124. The molecule has 0 saturated heterocycles. The smallest absolute Gasteiger partial charge is 0.226 e. The zero-order valence-electron chi connectivity index (χ0n) is 13.2. The van der Waals surface area contributed by atoms with E-state index in [-0.39, 0.29) is 15.5 Å². The predicted molar refractivity (Wildman–Crippen MR) is 90.1 cm³/mol. The van der Waals surface area contributed by atoms with Gasteiger partial charge >= 0.3 is 0 Å². The zero-order chi connectivity index (χ0) is 17.3. The summed E-state index contributed by atoms with van der Waals surface area (Å²) in [4.78, 5) is 3.54. The highest BCUT2D eigenvalue weighted by molar-refractivity contribution is 8.04. The maximum atomic E-state index is 13.0. The van der Waals surface area contributed by atoms with Crippen LogP contribution in [0.1, 0.15) is 26.3 Å². The van der Waals surface area contributed by atoms with E-state index in [9.17, 15) is 8.42 Å². The van der Waals surface area contributed by atoms with Crippen LogP contribution in [0, 0.1) is 23.3 Å². The number of allylic oxidation sites excluding steroid dienone is 5. The summed E-state index contributed by atoms with van der Waals surface area (Å²) in [5.74, 6) is 0. The van der Waals surface area contributed by atoms with E-state index in [1.807, 2.05) is 6.07 Å². The van der Waals surface area contributed by atoms with Crippen LogP contribution in [0.25, 0.3) is 9.75 Å². The predicted octanol–water partition coefficient (Wildman–Crippen LogP) is 4.08. The maximum absolute atomic E-state index is 13.0. The van der Waals surface area contributed by atoms with Crippen molar-refractivity contribution in [1.29, 1.82) is 5.26 Å². The zero-order valence-corrected chi connectivity index (χ0v) is 14.0. The Kier molecular flexibility index (Phi) is 4.27. The lowest BCUT2D eigenvalue weighted by molar-refractivity contribution is 0.516. The van der Waals surface area contributed by atoms with Crippen molar-refractivity contribution in [2.24, 2.45) is 5.41 Å². The van der Waals surface area contributed by atoms with Crippen LogP contribution in [0.5, 0.6) is 0 Å². The van der Waals surface area contributed by atoms with Crippen molar-refractivity contribution >= 4 is 14.7 Å². The van der Waals surface area contributed by atoms with Gasteiger partial charge in [0.1, 0.15) is 0 Å². The van der Waals surface area contributed by atoms with Crippen LogP contribution in [0.2, 0.25) is 0 Å². The van der Waals surface area contributed by atoms with Crippen LogP contribution in [0.4, 0.5) is 0 Å². The summed E-state index contributed by atoms with van der Waals surface area (Å²) in [5, 5.41) is 9.12. The largest absolute Gasteiger partial charge is 0.269 e. The van der Waals surface area contributed by atoms with E-state index in [0.717, 1.165) is 0 Å². The average Bonchev–Trinajstić information content (AvgIpc) is 2.49. The van der Waals surface area contributed by atoms with Crippen LogP contribution in [0.3, 0.4) is 0 Å². The molecular formula is C18H16N2O2S. The van der Waals surface area contributed by atoms with Gasteiger partial charge in [0.2, 0.25) is 9.84 Å². The normalized spacial score (nSPS) is 19.0. The van der Waals surface area contributed by atoms with Crippen LogP contribution in [-0.4, -0.2) is 8.42 Å². The first-order valence-corrected chi connectivity index (χ1v) is 8.46. The molecule has 1 aliphatic heterocycles. The van der Waals surface area contributed by atoms with Crippen molar-refractivity contribution in [3.05, 3.63) is 75.6 Å². The van der Waals surface area contributed by atoms with E-state index in [2.05, 4.69) is 4.85 Å². The molecule has 2 rings (SSSR count). The molecule has 0 fully saturated rings. The van der Waals surface area contributed by atoms with Crippen molar-refractivity contribution in [2.75, 3.05) is 0 Å². The summed E-state index contributed by atoms with van der Waals surface area (Å²) < 4.78 is 26.0. The molecule has 0 N–H and O–H groups in total. The molecule has 0 aliphatic carbocycles. The van der Waals surface area contributed by atoms with E-state index in [0.29, 0.717) is 11.1 Å². The van der Waals surface area contributed by atoms with E-state index in [1.165, 1.54) is 12.2 Å². The minimum atomic E-state index is -3.68. The van der Waals surface area contributed by atoms with Gasteiger partial charge in [-0.05, 0) is 28.7 Å². The van der Waals surface area contributed by atoms with Gasteiger partial charge in [-0.2, -0.15) is 0 Å². The van der Waals surface area contributed by atoms with Crippen molar-refractivity contribution in [3.63, 3.8) is 0 Å². The molecule has 0 saturated carbocycles. The molecule has 1 aromatic rings. The number of nitrogens with zero attached hydrogens (tertiary/aromatic N) is 2. The Hall–Kier alpha value is -2.63. The molecule has 1 aliphatic rings. The third-order valence-corrected chi connectivity index (χ3v) is 5.68. The second-order valence-electron chi connectivity index (χ2n) is 6.16. The second-order valence-corrected chi connectivity index (χ2v) is 8.05. The van der Waals surface area contributed by atoms with Crippen LogP contribution in [0.15, 0.2) is 58.7 Å². The average molecular weight is 324 g/mol. The fourth-order valence-corrected chi connectivity index (χ4v) is 4.40. The molecule has 0 unspecified atom stereocenters. The molecule has 1 heterocycles. The van der Waals surface area contributed by atoms with Gasteiger partial charge in [-0.15, -0.1) is 0 Å². The first kappa shape index (κ1) is 16.7. The van der Waals surface area contributed by atoms with Gasteiger partial charge in [0.25, 0.3) is 5.70 Å². The van der Waals surface area contributed by atoms with Gasteiger partial charge < -0.3 is 0 Å². The Morgan fingerprint density at radius 3 is 2.26 bits per heavy atom. The molecule has 0 bridgehead atoms. The van der Waals surface area contributed by atoms with E-state index >= 15 is 0 Å². The highest BCUT2D eigenvalue weighted by Crippen LogP contribution is 2.42. The van der Waals surface area contributed by atoms with Crippen molar-refractivity contribution in [2.45, 2.75) is 20.8 Å². The number of nitriles is 1. The van der Waals surface area contributed by atoms with Crippen LogP contribution >= 0.6 is 0 Å². The van der Waals surface area contributed by atoms with Crippen molar-refractivity contribution in [3.8, 4) is 6.07 Å². The quantitative estimate of drug-likeness (QED) is 0.577. The minimum Gasteiger partial charge on any atom is -0.226 e. The Bertz CT molecular complexity index is 898. The lowest BCUT2D eigenvalue weighted by Crippen LogP contribution is -2.22. The van der Waals surface area contributed by atoms with Gasteiger partial charge in [-0.3, -0.25) is 0 Å². The second kappa shape index (κ2) is 5.87. The Labute approximate surface area is 136 Å². The molecule has 1 aromatic carbocycles. The summed E-state index contributed by atoms with van der Waals surface area (Å²) in [6, 6.07) is 10.6. The maximum Gasteiger partial charge on any atom is 0.269 e. The highest BCUT2D eigenvalue weighted by atomic mass is 32.2. The first-order valence-electron chi connectivity index (χ1n) is 6.98. The van der Waals surface area contributed by atoms with Gasteiger partial charge in [-0.1, -0.05) is 51.1 Å². The third kappa shape index (κ3) is 3.11. The van der Waals surface area contributed by atoms with E-state index < -0.39 is 15.3 Å². The van der Waals surface area contributed by atoms with Gasteiger partial charge in [0.15, 0.2) is 0 Å². The molecule has 5 heteroatoms. The number of rotatable bonds is 1. The highest BCUT2D eigenvalue weighted by Gasteiger charge is 2.36. The number of hydrogen-bond acceptors (Lipinski definition) is 3. The van der Waals surface area contributed by atoms with Gasteiger partial charge in [0.05, 0.1) is 22.5 Å². The summed E-state index contributed by atoms with van der Waals surface area (Å²) in [6.07, 6.45) is 2.86. The third-order valence-electron chi connectivity index (χ3n) is 3.44. The Morgan fingerprint density at radius 1 is 1.17 bits per heavy atom. The monoisotopic (exact) mass is 324 g/mol. The molecule has 0 amide bonds. The number of sulfone groups is 1. The summed E-state index contributed by atoms with van der Waals surface area (Å²) in [6.45, 7) is 12.5. The van der Waals surface area contributed by atoms with E-state index in [4.69, 9.17) is 11.8 Å². The van der Waals surface area contributed by atoms with Gasteiger partial charge in [-0.25, -0.2) is 18.5 Å². The van der Waals surface area contributed by atoms with Crippen LogP contribution in [-0.2, 0) is 9.84 Å². The van der Waals surface area contributed by atoms with Crippen LogP contribution < -0.4 is 0 Å². The molecule has 0 aromatic heterocycles. The van der Waals surface area contributed by atoms with Crippen molar-refractivity contribution < 1.29 is 8.42 Å². The topological polar surface area (TPSA) is 62.3 Å². The molecule has 116 valence electrons. The first-order chi connectivity index (χ1) is 10.7. The molecule has 0 atom stereocenters. The number of benzene rings is 1. The fourth-order valence-electron chi connectivity index (χ4n) is 2.35. The summed E-state index contributed by atoms with van der Waals surface area (Å²) >= 11 is 0. The van der Waals surface area contributed by atoms with Crippen molar-refractivity contribution in [1.82, 2.24) is 0 Å². The lowest BCUT2D eigenvalue weighted by Gasteiger charge is -2.27. The van der Waals surface area contributed by atoms with Gasteiger partial charge in [0, 0.05) is 0 Å². The Balaban J connectivity index is 2.85. The SMILES string of the molecule is [C-]#[N+]C(C#N)=C1C=C(c2ccccc2)S(=O)(=O)C(C(C)(C)C)=C1. The molecule has 4 nitrogen and oxygen atoms in total. The standard InChI is InChI=1S/C18H16N2O2S/c1-18(2,3)17-11-14(15(12-19)20-4)10-16(23(17,21)22)13-8-6-5-7-9-13/h5-11H,1-3H3. The fraction of sp³-hybridized carbons (Fsp3) is 0.222.